The highest BCUT2D eigenvalue weighted by atomic mass is 16.6. The molecular formula is C20H17N5O3. The molecule has 140 valence electrons. The van der Waals surface area contributed by atoms with Gasteiger partial charge in [0.15, 0.2) is 0 Å². The zero-order chi connectivity index (χ0) is 19.5. The maximum absolute atomic E-state index is 13.1. The Kier molecular flexibility index (Phi) is 4.71. The molecule has 0 aromatic heterocycles. The van der Waals surface area contributed by atoms with Crippen LogP contribution in [0.15, 0.2) is 84.9 Å². The molecule has 1 fully saturated rings. The number of urea groups is 1. The number of nitrogens with zero attached hydrogens (tertiary/aromatic N) is 3. The number of hydrazine groups is 2. The Bertz CT molecular complexity index is 928. The summed E-state index contributed by atoms with van der Waals surface area (Å²) >= 11 is 0. The first-order valence-electron chi connectivity index (χ1n) is 8.64. The Hall–Kier alpha value is -3.75. The second kappa shape index (κ2) is 7.47. The third-order valence-electron chi connectivity index (χ3n) is 4.36. The second-order valence-corrected chi connectivity index (χ2v) is 6.16. The van der Waals surface area contributed by atoms with E-state index in [0.717, 1.165) is 5.56 Å². The lowest BCUT2D eigenvalue weighted by Crippen LogP contribution is -2.65. The van der Waals surface area contributed by atoms with Crippen molar-refractivity contribution in [1.29, 1.82) is 0 Å². The molecule has 8 heteroatoms. The maximum atomic E-state index is 13.1. The summed E-state index contributed by atoms with van der Waals surface area (Å²) in [6.07, 6.45) is -0.473. The lowest BCUT2D eigenvalue weighted by atomic mass is 10.1. The average Bonchev–Trinajstić information content (AvgIpc) is 2.75. The van der Waals surface area contributed by atoms with Crippen LogP contribution >= 0.6 is 0 Å². The van der Waals surface area contributed by atoms with E-state index >= 15 is 0 Å². The summed E-state index contributed by atoms with van der Waals surface area (Å²) in [6, 6.07) is 24.3. The van der Waals surface area contributed by atoms with E-state index in [9.17, 15) is 14.9 Å². The molecule has 0 unspecified atom stereocenters. The van der Waals surface area contributed by atoms with E-state index in [1.54, 1.807) is 12.1 Å². The second-order valence-electron chi connectivity index (χ2n) is 6.16. The highest BCUT2D eigenvalue weighted by molar-refractivity contribution is 6.03. The number of para-hydroxylation sites is 2. The highest BCUT2D eigenvalue weighted by Gasteiger charge is 2.34. The summed E-state index contributed by atoms with van der Waals surface area (Å²) < 4.78 is 0. The van der Waals surface area contributed by atoms with Crippen molar-refractivity contribution >= 4 is 23.1 Å². The molecule has 0 bridgehead atoms. The lowest BCUT2D eigenvalue weighted by molar-refractivity contribution is -0.384. The van der Waals surface area contributed by atoms with Gasteiger partial charge in [0.25, 0.3) is 5.69 Å². The largest absolute Gasteiger partial charge is 0.358 e. The van der Waals surface area contributed by atoms with Gasteiger partial charge in [-0.05, 0) is 42.0 Å². The van der Waals surface area contributed by atoms with Gasteiger partial charge in [-0.15, -0.1) is 0 Å². The van der Waals surface area contributed by atoms with Crippen LogP contribution in [-0.2, 0) is 0 Å². The van der Waals surface area contributed by atoms with Gasteiger partial charge in [-0.1, -0.05) is 36.4 Å². The van der Waals surface area contributed by atoms with Crippen LogP contribution in [0, 0.1) is 10.1 Å². The third-order valence-corrected chi connectivity index (χ3v) is 4.36. The molecule has 0 atom stereocenters. The fourth-order valence-electron chi connectivity index (χ4n) is 2.96. The van der Waals surface area contributed by atoms with E-state index in [0.29, 0.717) is 11.4 Å². The van der Waals surface area contributed by atoms with Crippen molar-refractivity contribution in [2.45, 2.75) is 6.17 Å². The van der Waals surface area contributed by atoms with Gasteiger partial charge in [-0.3, -0.25) is 10.1 Å². The summed E-state index contributed by atoms with van der Waals surface area (Å²) in [4.78, 5) is 23.6. The highest BCUT2D eigenvalue weighted by Crippen LogP contribution is 2.26. The Labute approximate surface area is 161 Å². The molecule has 2 amide bonds. The summed E-state index contributed by atoms with van der Waals surface area (Å²) in [6.45, 7) is 0. The topological polar surface area (TPSA) is 90.8 Å². The van der Waals surface area contributed by atoms with Crippen molar-refractivity contribution in [2.24, 2.45) is 0 Å². The van der Waals surface area contributed by atoms with Crippen LogP contribution < -0.4 is 20.9 Å². The van der Waals surface area contributed by atoms with Gasteiger partial charge in [0, 0.05) is 12.1 Å². The van der Waals surface area contributed by atoms with Crippen LogP contribution in [-0.4, -0.2) is 11.0 Å². The third kappa shape index (κ3) is 3.41. The standard InChI is InChI=1S/C20H17N5O3/c26-20-23(16-7-3-1-4-8-16)21-19(15-11-13-18(14-12-15)25(27)28)22-24(20)17-9-5-2-6-10-17/h1-14,19,21-22H. The molecule has 28 heavy (non-hydrogen) atoms. The molecule has 0 radical (unpaired) electrons. The van der Waals surface area contributed by atoms with Crippen LogP contribution in [0.1, 0.15) is 11.7 Å². The van der Waals surface area contributed by atoms with Crippen molar-refractivity contribution in [2.75, 3.05) is 10.0 Å². The SMILES string of the molecule is O=C1N(c2ccccc2)NC(c2ccc([N+](=O)[O-])cc2)NN1c1ccccc1. The van der Waals surface area contributed by atoms with E-state index < -0.39 is 11.1 Å². The van der Waals surface area contributed by atoms with Gasteiger partial charge in [0.1, 0.15) is 6.17 Å². The van der Waals surface area contributed by atoms with Gasteiger partial charge in [-0.25, -0.2) is 25.7 Å². The molecule has 8 nitrogen and oxygen atoms in total. The monoisotopic (exact) mass is 375 g/mol. The van der Waals surface area contributed by atoms with Crippen LogP contribution in [0.2, 0.25) is 0 Å². The van der Waals surface area contributed by atoms with Gasteiger partial charge >= 0.3 is 6.03 Å². The lowest BCUT2D eigenvalue weighted by Gasteiger charge is -2.41. The smallest absolute Gasteiger partial charge is 0.258 e. The maximum Gasteiger partial charge on any atom is 0.358 e. The number of nitro groups is 1. The Morgan fingerprint density at radius 1 is 0.750 bits per heavy atom. The number of benzene rings is 3. The molecule has 1 aliphatic heterocycles. The zero-order valence-electron chi connectivity index (χ0n) is 14.7. The van der Waals surface area contributed by atoms with Crippen LogP contribution in [0.4, 0.5) is 21.9 Å². The number of nitrogens with one attached hydrogen (secondary N) is 2. The van der Waals surface area contributed by atoms with Crippen molar-refractivity contribution < 1.29 is 9.72 Å². The van der Waals surface area contributed by atoms with E-state index in [4.69, 9.17) is 0 Å². The van der Waals surface area contributed by atoms with Crippen LogP contribution in [0.5, 0.6) is 0 Å². The molecule has 1 aliphatic rings. The first-order chi connectivity index (χ1) is 13.6. The predicted molar refractivity (Wildman–Crippen MR) is 105 cm³/mol. The molecule has 0 spiro atoms. The minimum atomic E-state index is -0.473. The van der Waals surface area contributed by atoms with Crippen molar-refractivity contribution in [1.82, 2.24) is 10.9 Å². The van der Waals surface area contributed by atoms with Crippen molar-refractivity contribution in [3.63, 3.8) is 0 Å². The molecule has 1 heterocycles. The van der Waals surface area contributed by atoms with Crippen molar-refractivity contribution in [3.05, 3.63) is 101 Å². The first kappa shape index (κ1) is 17.7. The Balaban J connectivity index is 1.70. The molecule has 0 saturated carbocycles. The molecule has 1 saturated heterocycles. The zero-order valence-corrected chi connectivity index (χ0v) is 14.7. The average molecular weight is 375 g/mol. The Morgan fingerprint density at radius 2 is 1.21 bits per heavy atom. The molecule has 2 N–H and O–H groups in total. The predicted octanol–water partition coefficient (Wildman–Crippen LogP) is 3.75. The number of hydrogen-bond donors (Lipinski definition) is 2. The summed E-state index contributed by atoms with van der Waals surface area (Å²) in [5.74, 6) is 0. The molecule has 3 aromatic carbocycles. The number of carbonyl (C=O) groups is 1. The van der Waals surface area contributed by atoms with E-state index in [1.165, 1.54) is 22.2 Å². The Morgan fingerprint density at radius 3 is 1.64 bits per heavy atom. The first-order valence-corrected chi connectivity index (χ1v) is 8.64. The quantitative estimate of drug-likeness (QED) is 0.535. The number of nitro benzene ring substituents is 1. The van der Waals surface area contributed by atoms with Crippen LogP contribution in [0.3, 0.4) is 0 Å². The minimum absolute atomic E-state index is 0.00969. The van der Waals surface area contributed by atoms with E-state index in [1.807, 2.05) is 60.7 Å². The van der Waals surface area contributed by atoms with Gasteiger partial charge in [0.2, 0.25) is 0 Å². The molecular weight excluding hydrogens is 358 g/mol. The number of hydrogen-bond acceptors (Lipinski definition) is 5. The molecule has 4 rings (SSSR count). The van der Waals surface area contributed by atoms with Gasteiger partial charge < -0.3 is 0 Å². The molecule has 3 aromatic rings. The normalized spacial score (nSPS) is 14.9. The van der Waals surface area contributed by atoms with E-state index in [-0.39, 0.29) is 11.7 Å². The fraction of sp³-hybridized carbons (Fsp3) is 0.0500. The van der Waals surface area contributed by atoms with Crippen molar-refractivity contribution in [3.8, 4) is 0 Å². The summed E-state index contributed by atoms with van der Waals surface area (Å²) in [7, 11) is 0. The summed E-state index contributed by atoms with van der Waals surface area (Å²) in [5.41, 5.74) is 8.41. The minimum Gasteiger partial charge on any atom is -0.258 e. The summed E-state index contributed by atoms with van der Waals surface area (Å²) in [5, 5.41) is 13.8. The molecule has 0 aliphatic carbocycles. The van der Waals surface area contributed by atoms with Crippen LogP contribution in [0.25, 0.3) is 0 Å². The number of rotatable bonds is 4. The number of anilines is 2. The fourth-order valence-corrected chi connectivity index (χ4v) is 2.96. The number of non-ortho nitro benzene ring substituents is 1. The van der Waals surface area contributed by atoms with Gasteiger partial charge in [-0.2, -0.15) is 0 Å². The van der Waals surface area contributed by atoms with Gasteiger partial charge in [0.05, 0.1) is 16.3 Å². The number of amides is 2. The number of carbonyl (C=O) groups excluding carboxylic acids is 1. The van der Waals surface area contributed by atoms with E-state index in [2.05, 4.69) is 10.9 Å².